The number of nitrogens with one attached hydrogen (secondary N) is 1. The van der Waals surface area contributed by atoms with E-state index in [1.54, 1.807) is 11.3 Å². The van der Waals surface area contributed by atoms with Crippen LogP contribution < -0.4 is 5.32 Å². The largest absolute Gasteiger partial charge is 0.362 e. The van der Waals surface area contributed by atoms with E-state index in [1.807, 2.05) is 18.0 Å². The third-order valence-electron chi connectivity index (χ3n) is 3.22. The zero-order chi connectivity index (χ0) is 13.0. The fraction of sp³-hybridized carbons (Fsp3) is 0.692. The van der Waals surface area contributed by atoms with E-state index in [9.17, 15) is 4.79 Å². The fourth-order valence-electron chi connectivity index (χ4n) is 2.17. The zero-order valence-corrected chi connectivity index (χ0v) is 11.9. The van der Waals surface area contributed by atoms with Crippen LogP contribution in [0.5, 0.6) is 0 Å². The van der Waals surface area contributed by atoms with Gasteiger partial charge in [-0.1, -0.05) is 13.8 Å². The van der Waals surface area contributed by atoms with Gasteiger partial charge >= 0.3 is 0 Å². The van der Waals surface area contributed by atoms with Gasteiger partial charge in [0.05, 0.1) is 6.54 Å². The van der Waals surface area contributed by atoms with Crippen molar-refractivity contribution in [2.75, 3.05) is 18.4 Å². The summed E-state index contributed by atoms with van der Waals surface area (Å²) in [7, 11) is 0. The van der Waals surface area contributed by atoms with Crippen LogP contribution in [0.1, 0.15) is 38.0 Å². The Bertz CT molecular complexity index is 405. The van der Waals surface area contributed by atoms with Crippen molar-refractivity contribution in [3.05, 3.63) is 11.1 Å². The van der Waals surface area contributed by atoms with E-state index in [0.717, 1.165) is 42.4 Å². The topological polar surface area (TPSA) is 45.2 Å². The van der Waals surface area contributed by atoms with Crippen LogP contribution in [0.4, 0.5) is 5.13 Å². The summed E-state index contributed by atoms with van der Waals surface area (Å²) in [6.45, 7) is 6.71. The summed E-state index contributed by atoms with van der Waals surface area (Å²) < 4.78 is 0. The SMILES string of the molecule is CCCNc1ncc(CN2CCCC(C)C2=O)s1. The molecule has 2 heterocycles. The average Bonchev–Trinajstić information content (AvgIpc) is 2.80. The summed E-state index contributed by atoms with van der Waals surface area (Å²) in [5, 5.41) is 4.24. The Hall–Kier alpha value is -1.10. The van der Waals surface area contributed by atoms with Crippen LogP contribution in [0.25, 0.3) is 0 Å². The minimum atomic E-state index is 0.185. The van der Waals surface area contributed by atoms with E-state index in [2.05, 4.69) is 17.2 Å². The molecule has 1 aliphatic rings. The van der Waals surface area contributed by atoms with Gasteiger partial charge in [-0.05, 0) is 19.3 Å². The monoisotopic (exact) mass is 267 g/mol. The molecule has 0 saturated carbocycles. The van der Waals surface area contributed by atoms with Crippen molar-refractivity contribution < 1.29 is 4.79 Å². The molecule has 18 heavy (non-hydrogen) atoms. The Morgan fingerprint density at radius 1 is 1.61 bits per heavy atom. The van der Waals surface area contributed by atoms with Gasteiger partial charge in [0.15, 0.2) is 5.13 Å². The Morgan fingerprint density at radius 3 is 3.22 bits per heavy atom. The van der Waals surface area contributed by atoms with Crippen LogP contribution >= 0.6 is 11.3 Å². The number of anilines is 1. The molecule has 100 valence electrons. The number of nitrogens with zero attached hydrogens (tertiary/aromatic N) is 2. The molecule has 1 fully saturated rings. The Kier molecular flexibility index (Phi) is 4.58. The number of carbonyl (C=O) groups is 1. The Morgan fingerprint density at radius 2 is 2.44 bits per heavy atom. The number of carbonyl (C=O) groups excluding carboxylic acids is 1. The van der Waals surface area contributed by atoms with Gasteiger partial charge in [0.25, 0.3) is 0 Å². The zero-order valence-electron chi connectivity index (χ0n) is 11.1. The predicted molar refractivity (Wildman–Crippen MR) is 74.7 cm³/mol. The van der Waals surface area contributed by atoms with Gasteiger partial charge in [-0.15, -0.1) is 11.3 Å². The van der Waals surface area contributed by atoms with Crippen molar-refractivity contribution >= 4 is 22.4 Å². The van der Waals surface area contributed by atoms with E-state index < -0.39 is 0 Å². The number of hydrogen-bond acceptors (Lipinski definition) is 4. The second-order valence-electron chi connectivity index (χ2n) is 4.86. The number of hydrogen-bond donors (Lipinski definition) is 1. The van der Waals surface area contributed by atoms with Crippen molar-refractivity contribution in [2.45, 2.75) is 39.7 Å². The molecule has 0 bridgehead atoms. The number of amides is 1. The molecule has 1 N–H and O–H groups in total. The molecule has 5 heteroatoms. The van der Waals surface area contributed by atoms with Crippen LogP contribution in [0.15, 0.2) is 6.20 Å². The summed E-state index contributed by atoms with van der Waals surface area (Å²) in [5.41, 5.74) is 0. The molecule has 1 amide bonds. The molecule has 4 nitrogen and oxygen atoms in total. The quantitative estimate of drug-likeness (QED) is 0.892. The predicted octanol–water partition coefficient (Wildman–Crippen LogP) is 2.72. The van der Waals surface area contributed by atoms with Crippen LogP contribution in [-0.2, 0) is 11.3 Å². The molecule has 1 aliphatic heterocycles. The van der Waals surface area contributed by atoms with Gasteiger partial charge in [-0.2, -0.15) is 0 Å². The van der Waals surface area contributed by atoms with E-state index in [4.69, 9.17) is 0 Å². The Labute approximate surface area is 112 Å². The van der Waals surface area contributed by atoms with Gasteiger partial charge in [-0.25, -0.2) is 4.98 Å². The molecule has 0 aromatic carbocycles. The smallest absolute Gasteiger partial charge is 0.225 e. The molecular formula is C13H21N3OS. The van der Waals surface area contributed by atoms with Crippen molar-refractivity contribution in [1.82, 2.24) is 9.88 Å². The lowest BCUT2D eigenvalue weighted by atomic mass is 9.99. The first-order chi connectivity index (χ1) is 8.70. The highest BCUT2D eigenvalue weighted by molar-refractivity contribution is 7.15. The highest BCUT2D eigenvalue weighted by Crippen LogP contribution is 2.23. The molecular weight excluding hydrogens is 246 g/mol. The number of likely N-dealkylation sites (tertiary alicyclic amines) is 1. The van der Waals surface area contributed by atoms with Gasteiger partial charge in [0.1, 0.15) is 0 Å². The molecule has 0 aliphatic carbocycles. The third-order valence-corrected chi connectivity index (χ3v) is 4.16. The first-order valence-electron chi connectivity index (χ1n) is 6.68. The molecule has 1 unspecified atom stereocenters. The maximum Gasteiger partial charge on any atom is 0.225 e. The number of rotatable bonds is 5. The minimum Gasteiger partial charge on any atom is -0.362 e. The number of piperidine rings is 1. The second-order valence-corrected chi connectivity index (χ2v) is 5.98. The maximum atomic E-state index is 12.0. The molecule has 1 aromatic heterocycles. The average molecular weight is 267 g/mol. The first-order valence-corrected chi connectivity index (χ1v) is 7.49. The van der Waals surface area contributed by atoms with Gasteiger partial charge in [0.2, 0.25) is 5.91 Å². The molecule has 1 saturated heterocycles. The molecule has 2 rings (SSSR count). The summed E-state index contributed by atoms with van der Waals surface area (Å²) in [6.07, 6.45) is 5.13. The molecule has 1 atom stereocenters. The first kappa shape index (κ1) is 13.3. The summed E-state index contributed by atoms with van der Waals surface area (Å²) >= 11 is 1.65. The maximum absolute atomic E-state index is 12.0. The van der Waals surface area contributed by atoms with E-state index in [0.29, 0.717) is 6.54 Å². The van der Waals surface area contributed by atoms with Crippen molar-refractivity contribution in [2.24, 2.45) is 5.92 Å². The molecule has 0 spiro atoms. The van der Waals surface area contributed by atoms with Gasteiger partial charge in [0, 0.05) is 30.1 Å². The van der Waals surface area contributed by atoms with Crippen LogP contribution in [-0.4, -0.2) is 28.9 Å². The summed E-state index contributed by atoms with van der Waals surface area (Å²) in [4.78, 5) is 19.5. The van der Waals surface area contributed by atoms with Crippen molar-refractivity contribution in [1.29, 1.82) is 0 Å². The van der Waals surface area contributed by atoms with E-state index in [1.165, 1.54) is 0 Å². The highest BCUT2D eigenvalue weighted by atomic mass is 32.1. The summed E-state index contributed by atoms with van der Waals surface area (Å²) in [6, 6.07) is 0. The number of thiazole rings is 1. The lowest BCUT2D eigenvalue weighted by molar-refractivity contribution is -0.138. The highest BCUT2D eigenvalue weighted by Gasteiger charge is 2.25. The normalized spacial score (nSPS) is 20.2. The van der Waals surface area contributed by atoms with E-state index in [-0.39, 0.29) is 11.8 Å². The second kappa shape index (κ2) is 6.18. The fourth-order valence-corrected chi connectivity index (χ4v) is 3.03. The standard InChI is InChI=1S/C13H21N3OS/c1-3-6-14-13-15-8-11(18-13)9-16-7-4-5-10(2)12(16)17/h8,10H,3-7,9H2,1-2H3,(H,14,15). The van der Waals surface area contributed by atoms with Crippen molar-refractivity contribution in [3.8, 4) is 0 Å². The van der Waals surface area contributed by atoms with Crippen LogP contribution in [0.2, 0.25) is 0 Å². The minimum absolute atomic E-state index is 0.185. The lowest BCUT2D eigenvalue weighted by Crippen LogP contribution is -2.39. The van der Waals surface area contributed by atoms with Crippen LogP contribution in [0, 0.1) is 5.92 Å². The summed E-state index contributed by atoms with van der Waals surface area (Å²) in [5.74, 6) is 0.474. The van der Waals surface area contributed by atoms with Crippen LogP contribution in [0.3, 0.4) is 0 Å². The van der Waals surface area contributed by atoms with E-state index >= 15 is 0 Å². The Balaban J connectivity index is 1.92. The molecule has 1 aromatic rings. The lowest BCUT2D eigenvalue weighted by Gasteiger charge is -2.30. The van der Waals surface area contributed by atoms with Crippen molar-refractivity contribution in [3.63, 3.8) is 0 Å². The van der Waals surface area contributed by atoms with Gasteiger partial charge in [-0.3, -0.25) is 4.79 Å². The third kappa shape index (κ3) is 3.22. The van der Waals surface area contributed by atoms with Gasteiger partial charge < -0.3 is 10.2 Å². The number of aromatic nitrogens is 1. The molecule has 0 radical (unpaired) electrons.